The van der Waals surface area contributed by atoms with E-state index >= 15 is 0 Å². The minimum absolute atomic E-state index is 0.0536. The zero-order valence-corrected chi connectivity index (χ0v) is 16.1. The van der Waals surface area contributed by atoms with Crippen LogP contribution in [0.4, 0.5) is 0 Å². The number of nitrogens with zero attached hydrogens (tertiary/aromatic N) is 1. The normalized spacial score (nSPS) is 22.5. The van der Waals surface area contributed by atoms with Crippen LogP contribution in [0.1, 0.15) is 56.1 Å². The molecule has 1 aliphatic heterocycles. The van der Waals surface area contributed by atoms with Gasteiger partial charge in [-0.1, -0.05) is 18.9 Å². The maximum absolute atomic E-state index is 13.0. The largest absolute Gasteiger partial charge is 0.353 e. The first-order chi connectivity index (χ1) is 12.5. The van der Waals surface area contributed by atoms with Crippen LogP contribution in [-0.2, 0) is 27.7 Å². The molecule has 2 aliphatic carbocycles. The van der Waals surface area contributed by atoms with Crippen molar-refractivity contribution in [2.75, 3.05) is 13.1 Å². The molecule has 4 rings (SSSR count). The molecule has 0 spiro atoms. The number of carbonyl (C=O) groups excluding carboxylic acids is 1. The number of piperidine rings is 1. The lowest BCUT2D eigenvalue weighted by Crippen LogP contribution is -2.44. The van der Waals surface area contributed by atoms with Gasteiger partial charge in [0.05, 0.1) is 4.90 Å². The van der Waals surface area contributed by atoms with Crippen LogP contribution in [0.15, 0.2) is 23.1 Å². The van der Waals surface area contributed by atoms with Crippen molar-refractivity contribution in [1.82, 2.24) is 9.62 Å². The summed E-state index contributed by atoms with van der Waals surface area (Å²) in [5.74, 6) is 0.0635. The summed E-state index contributed by atoms with van der Waals surface area (Å²) in [4.78, 5) is 12.8. The fourth-order valence-corrected chi connectivity index (χ4v) is 6.13. The Balaban J connectivity index is 1.38. The van der Waals surface area contributed by atoms with Crippen LogP contribution in [0.5, 0.6) is 0 Å². The highest BCUT2D eigenvalue weighted by molar-refractivity contribution is 7.89. The van der Waals surface area contributed by atoms with Crippen molar-refractivity contribution in [3.05, 3.63) is 29.3 Å². The molecule has 1 aromatic carbocycles. The Morgan fingerprint density at radius 3 is 2.38 bits per heavy atom. The Morgan fingerprint density at radius 1 is 0.962 bits per heavy atom. The highest BCUT2D eigenvalue weighted by Gasteiger charge is 2.33. The number of carbonyl (C=O) groups is 1. The van der Waals surface area contributed by atoms with E-state index in [0.717, 1.165) is 32.1 Å². The van der Waals surface area contributed by atoms with Crippen LogP contribution < -0.4 is 5.32 Å². The molecule has 0 unspecified atom stereocenters. The third-order valence-corrected chi connectivity index (χ3v) is 8.13. The van der Waals surface area contributed by atoms with Gasteiger partial charge in [-0.25, -0.2) is 8.42 Å². The molecule has 142 valence electrons. The first kappa shape index (κ1) is 18.0. The van der Waals surface area contributed by atoms with Crippen molar-refractivity contribution in [3.8, 4) is 0 Å². The SMILES string of the molecule is O=C(NC1CCCC1)C1CCN(S(=O)(=O)c2ccc3c(c2)CCC3)CC1. The lowest BCUT2D eigenvalue weighted by molar-refractivity contribution is -0.126. The lowest BCUT2D eigenvalue weighted by Gasteiger charge is -2.31. The Bertz CT molecular complexity index is 776. The summed E-state index contributed by atoms with van der Waals surface area (Å²) in [5.41, 5.74) is 2.46. The van der Waals surface area contributed by atoms with Gasteiger partial charge >= 0.3 is 0 Å². The van der Waals surface area contributed by atoms with Crippen molar-refractivity contribution in [2.24, 2.45) is 5.92 Å². The van der Waals surface area contributed by atoms with Crippen molar-refractivity contribution in [1.29, 1.82) is 0 Å². The summed E-state index contributed by atoms with van der Waals surface area (Å²) in [6.45, 7) is 0.865. The van der Waals surface area contributed by atoms with Gasteiger partial charge in [-0.15, -0.1) is 0 Å². The third kappa shape index (κ3) is 3.54. The average Bonchev–Trinajstić information content (AvgIpc) is 3.32. The molecule has 6 heteroatoms. The lowest BCUT2D eigenvalue weighted by atomic mass is 9.97. The molecule has 5 nitrogen and oxygen atoms in total. The van der Waals surface area contributed by atoms with Gasteiger partial charge in [0.1, 0.15) is 0 Å². The number of hydrogen-bond donors (Lipinski definition) is 1. The van der Waals surface area contributed by atoms with Crippen LogP contribution in [0, 0.1) is 5.92 Å². The van der Waals surface area contributed by atoms with Crippen LogP contribution >= 0.6 is 0 Å². The van der Waals surface area contributed by atoms with Gasteiger partial charge in [-0.3, -0.25) is 4.79 Å². The number of fused-ring (bicyclic) bond motifs is 1. The quantitative estimate of drug-likeness (QED) is 0.878. The molecule has 1 aromatic rings. The van der Waals surface area contributed by atoms with E-state index in [1.54, 1.807) is 10.4 Å². The summed E-state index contributed by atoms with van der Waals surface area (Å²) in [7, 11) is -3.45. The summed E-state index contributed by atoms with van der Waals surface area (Å²) < 4.78 is 27.5. The van der Waals surface area contributed by atoms with Gasteiger partial charge in [0.25, 0.3) is 0 Å². The number of amides is 1. The summed E-state index contributed by atoms with van der Waals surface area (Å²) in [5, 5.41) is 3.16. The number of rotatable bonds is 4. The molecule has 0 atom stereocenters. The Labute approximate surface area is 156 Å². The molecular formula is C20H28N2O3S. The van der Waals surface area contributed by atoms with E-state index < -0.39 is 10.0 Å². The fraction of sp³-hybridized carbons (Fsp3) is 0.650. The molecule has 1 saturated heterocycles. The first-order valence-corrected chi connectivity index (χ1v) is 11.4. The Morgan fingerprint density at radius 2 is 1.65 bits per heavy atom. The van der Waals surface area contributed by atoms with E-state index in [-0.39, 0.29) is 11.8 Å². The van der Waals surface area contributed by atoms with Gasteiger partial charge in [0.2, 0.25) is 15.9 Å². The van der Waals surface area contributed by atoms with E-state index in [1.807, 2.05) is 12.1 Å². The Kier molecular flexibility index (Phi) is 5.06. The summed E-state index contributed by atoms with van der Waals surface area (Å²) in [6.07, 6.45) is 8.92. The predicted octanol–water partition coefficient (Wildman–Crippen LogP) is 2.63. The zero-order chi connectivity index (χ0) is 18.1. The van der Waals surface area contributed by atoms with Crippen molar-refractivity contribution >= 4 is 15.9 Å². The number of sulfonamides is 1. The molecule has 2 fully saturated rings. The van der Waals surface area contributed by atoms with Gasteiger partial charge in [0.15, 0.2) is 0 Å². The fourth-order valence-electron chi connectivity index (χ4n) is 4.61. The van der Waals surface area contributed by atoms with Crippen LogP contribution in [0.25, 0.3) is 0 Å². The minimum atomic E-state index is -3.45. The minimum Gasteiger partial charge on any atom is -0.353 e. The zero-order valence-electron chi connectivity index (χ0n) is 15.2. The van der Waals surface area contributed by atoms with Crippen molar-refractivity contribution < 1.29 is 13.2 Å². The van der Waals surface area contributed by atoms with Crippen LogP contribution in [0.2, 0.25) is 0 Å². The second kappa shape index (κ2) is 7.31. The smallest absolute Gasteiger partial charge is 0.243 e. The molecular weight excluding hydrogens is 348 g/mol. The van der Waals surface area contributed by atoms with E-state index in [0.29, 0.717) is 36.9 Å². The average molecular weight is 377 g/mol. The van der Waals surface area contributed by atoms with Gasteiger partial charge < -0.3 is 5.32 Å². The second-order valence-electron chi connectivity index (χ2n) is 7.95. The third-order valence-electron chi connectivity index (χ3n) is 6.23. The number of aryl methyl sites for hydroxylation is 2. The monoisotopic (exact) mass is 376 g/mol. The molecule has 0 aromatic heterocycles. The van der Waals surface area contributed by atoms with E-state index in [2.05, 4.69) is 5.32 Å². The molecule has 3 aliphatic rings. The van der Waals surface area contributed by atoms with E-state index in [1.165, 1.54) is 24.0 Å². The van der Waals surface area contributed by atoms with Gasteiger partial charge in [-0.2, -0.15) is 4.31 Å². The number of hydrogen-bond acceptors (Lipinski definition) is 3. The van der Waals surface area contributed by atoms with E-state index in [4.69, 9.17) is 0 Å². The maximum Gasteiger partial charge on any atom is 0.243 e. The number of benzene rings is 1. The summed E-state index contributed by atoms with van der Waals surface area (Å²) >= 11 is 0. The second-order valence-corrected chi connectivity index (χ2v) is 9.89. The molecule has 26 heavy (non-hydrogen) atoms. The van der Waals surface area contributed by atoms with E-state index in [9.17, 15) is 13.2 Å². The standard InChI is InChI=1S/C20H28N2O3S/c23-20(21-18-6-1-2-7-18)16-10-12-22(13-11-16)26(24,25)19-9-8-15-4-3-5-17(15)14-19/h8-9,14,16,18H,1-7,10-13H2,(H,21,23). The van der Waals surface area contributed by atoms with Crippen molar-refractivity contribution in [2.45, 2.75) is 68.7 Å². The molecule has 1 amide bonds. The predicted molar refractivity (Wildman–Crippen MR) is 100 cm³/mol. The maximum atomic E-state index is 13.0. The van der Waals surface area contributed by atoms with Crippen LogP contribution in [-0.4, -0.2) is 37.8 Å². The molecule has 0 radical (unpaired) electrons. The molecule has 1 heterocycles. The summed E-state index contributed by atoms with van der Waals surface area (Å²) in [6, 6.07) is 5.90. The highest BCUT2D eigenvalue weighted by Crippen LogP contribution is 2.29. The number of nitrogens with one attached hydrogen (secondary N) is 1. The van der Waals surface area contributed by atoms with Gasteiger partial charge in [-0.05, 0) is 68.2 Å². The molecule has 1 saturated carbocycles. The van der Waals surface area contributed by atoms with Gasteiger partial charge in [0, 0.05) is 25.0 Å². The molecule has 1 N–H and O–H groups in total. The Hall–Kier alpha value is -1.40. The highest BCUT2D eigenvalue weighted by atomic mass is 32.2. The molecule has 0 bridgehead atoms. The van der Waals surface area contributed by atoms with Crippen LogP contribution in [0.3, 0.4) is 0 Å². The topological polar surface area (TPSA) is 66.5 Å². The van der Waals surface area contributed by atoms with Crippen molar-refractivity contribution in [3.63, 3.8) is 0 Å². The first-order valence-electron chi connectivity index (χ1n) is 9.96.